The molecule has 2 atom stereocenters. The molecule has 21 heavy (non-hydrogen) atoms. The van der Waals surface area contributed by atoms with Gasteiger partial charge in [-0.1, -0.05) is 55.4 Å². The van der Waals surface area contributed by atoms with Crippen LogP contribution in [0.25, 0.3) is 0 Å². The lowest BCUT2D eigenvalue weighted by Gasteiger charge is -2.24. The summed E-state index contributed by atoms with van der Waals surface area (Å²) in [4.78, 5) is 0. The Hall–Kier alpha value is -0.0800. The van der Waals surface area contributed by atoms with E-state index in [1.165, 1.54) is 12.8 Å². The van der Waals surface area contributed by atoms with Gasteiger partial charge in [0.15, 0.2) is 0 Å². The molecule has 0 rings (SSSR count). The third-order valence-corrected chi connectivity index (χ3v) is 4.26. The van der Waals surface area contributed by atoms with Crippen LogP contribution in [-0.2, 0) is 9.47 Å². The second kappa shape index (κ2) is 11.5. The molecule has 0 aliphatic heterocycles. The van der Waals surface area contributed by atoms with Gasteiger partial charge in [0.25, 0.3) is 0 Å². The van der Waals surface area contributed by atoms with Crippen molar-refractivity contribution in [3.63, 3.8) is 0 Å². The van der Waals surface area contributed by atoms with E-state index in [0.29, 0.717) is 30.5 Å². The Morgan fingerprint density at radius 1 is 0.571 bits per heavy atom. The summed E-state index contributed by atoms with van der Waals surface area (Å²) in [6, 6.07) is 0. The maximum absolute atomic E-state index is 5.77. The summed E-state index contributed by atoms with van der Waals surface area (Å²) in [5, 5.41) is 0. The minimum absolute atomic E-state index is 0.447. The highest BCUT2D eigenvalue weighted by Gasteiger charge is 2.17. The van der Waals surface area contributed by atoms with E-state index < -0.39 is 0 Å². The van der Waals surface area contributed by atoms with E-state index in [2.05, 4.69) is 55.4 Å². The van der Waals surface area contributed by atoms with E-state index >= 15 is 0 Å². The number of hydrogen-bond acceptors (Lipinski definition) is 2. The molecule has 0 fully saturated rings. The predicted octanol–water partition coefficient (Wildman–Crippen LogP) is 5.61. The summed E-state index contributed by atoms with van der Waals surface area (Å²) < 4.78 is 11.5. The molecule has 0 heterocycles. The fourth-order valence-corrected chi connectivity index (χ4v) is 2.73. The van der Waals surface area contributed by atoms with Gasteiger partial charge in [-0.15, -0.1) is 0 Å². The summed E-state index contributed by atoms with van der Waals surface area (Å²) in [5.74, 6) is 4.11. The smallest absolute Gasteiger partial charge is 0.146 e. The van der Waals surface area contributed by atoms with Crippen LogP contribution in [0.15, 0.2) is 0 Å². The highest BCUT2D eigenvalue weighted by molar-refractivity contribution is 4.65. The third kappa shape index (κ3) is 11.2. The van der Waals surface area contributed by atoms with Crippen molar-refractivity contribution in [1.82, 2.24) is 0 Å². The molecule has 128 valence electrons. The molecule has 2 unspecified atom stereocenters. The summed E-state index contributed by atoms with van der Waals surface area (Å²) in [5.41, 5.74) is 0. The van der Waals surface area contributed by atoms with Crippen LogP contribution in [0.3, 0.4) is 0 Å². The zero-order chi connectivity index (χ0) is 16.4. The first-order valence-electron chi connectivity index (χ1n) is 8.89. The van der Waals surface area contributed by atoms with E-state index in [1.807, 2.05) is 0 Å². The lowest BCUT2D eigenvalue weighted by molar-refractivity contribution is -0.0843. The SMILES string of the molecule is CC(C)CC(COCOCC(CC(C)C)C(C)C)C(C)C. The maximum atomic E-state index is 5.77. The average Bonchev–Trinajstić information content (AvgIpc) is 2.34. The molecular formula is C19H40O2. The Kier molecular flexibility index (Phi) is 11.4. The normalized spacial score (nSPS) is 15.4. The van der Waals surface area contributed by atoms with Crippen molar-refractivity contribution in [3.8, 4) is 0 Å². The van der Waals surface area contributed by atoms with Crippen LogP contribution in [0.1, 0.15) is 68.2 Å². The summed E-state index contributed by atoms with van der Waals surface area (Å²) >= 11 is 0. The molecule has 0 N–H and O–H groups in total. The van der Waals surface area contributed by atoms with Gasteiger partial charge < -0.3 is 9.47 Å². The zero-order valence-corrected chi connectivity index (χ0v) is 15.8. The van der Waals surface area contributed by atoms with Crippen molar-refractivity contribution in [2.75, 3.05) is 20.0 Å². The van der Waals surface area contributed by atoms with E-state index in [0.717, 1.165) is 25.0 Å². The topological polar surface area (TPSA) is 18.5 Å². The van der Waals surface area contributed by atoms with Crippen LogP contribution in [-0.4, -0.2) is 20.0 Å². The molecule has 0 radical (unpaired) electrons. The van der Waals surface area contributed by atoms with Crippen molar-refractivity contribution < 1.29 is 9.47 Å². The minimum atomic E-state index is 0.447. The van der Waals surface area contributed by atoms with Gasteiger partial charge in [0.2, 0.25) is 0 Å². The molecule has 0 amide bonds. The highest BCUT2D eigenvalue weighted by Crippen LogP contribution is 2.22. The van der Waals surface area contributed by atoms with Crippen LogP contribution >= 0.6 is 0 Å². The minimum Gasteiger partial charge on any atom is -0.355 e. The molecule has 0 saturated heterocycles. The molecular weight excluding hydrogens is 260 g/mol. The molecule has 2 heteroatoms. The first-order valence-corrected chi connectivity index (χ1v) is 8.89. The number of rotatable bonds is 12. The van der Waals surface area contributed by atoms with Crippen LogP contribution in [0, 0.1) is 35.5 Å². The van der Waals surface area contributed by atoms with Gasteiger partial charge in [-0.2, -0.15) is 0 Å². The average molecular weight is 301 g/mol. The number of ether oxygens (including phenoxy) is 2. The monoisotopic (exact) mass is 300 g/mol. The summed E-state index contributed by atoms with van der Waals surface area (Å²) in [6.45, 7) is 20.4. The Balaban J connectivity index is 3.91. The fourth-order valence-electron chi connectivity index (χ4n) is 2.73. The molecule has 0 aliphatic carbocycles. The first kappa shape index (κ1) is 20.9. The fraction of sp³-hybridized carbons (Fsp3) is 1.00. The predicted molar refractivity (Wildman–Crippen MR) is 92.3 cm³/mol. The van der Waals surface area contributed by atoms with E-state index in [-0.39, 0.29) is 0 Å². The van der Waals surface area contributed by atoms with Crippen molar-refractivity contribution >= 4 is 0 Å². The Morgan fingerprint density at radius 3 is 1.14 bits per heavy atom. The second-order valence-corrected chi connectivity index (χ2v) is 8.13. The molecule has 0 bridgehead atoms. The lowest BCUT2D eigenvalue weighted by Crippen LogP contribution is -2.22. The van der Waals surface area contributed by atoms with Crippen LogP contribution in [0.4, 0.5) is 0 Å². The van der Waals surface area contributed by atoms with Gasteiger partial charge in [-0.3, -0.25) is 0 Å². The van der Waals surface area contributed by atoms with E-state index in [4.69, 9.17) is 9.47 Å². The quantitative estimate of drug-likeness (QED) is 0.344. The lowest BCUT2D eigenvalue weighted by atomic mass is 9.88. The maximum Gasteiger partial charge on any atom is 0.146 e. The third-order valence-electron chi connectivity index (χ3n) is 4.26. The molecule has 0 aromatic carbocycles. The van der Waals surface area contributed by atoms with Gasteiger partial charge in [0.05, 0.1) is 13.2 Å². The molecule has 0 aromatic rings. The van der Waals surface area contributed by atoms with Crippen LogP contribution < -0.4 is 0 Å². The van der Waals surface area contributed by atoms with Gasteiger partial charge in [0, 0.05) is 0 Å². The van der Waals surface area contributed by atoms with Crippen molar-refractivity contribution in [2.45, 2.75) is 68.2 Å². The summed E-state index contributed by atoms with van der Waals surface area (Å²) in [6.07, 6.45) is 2.47. The second-order valence-electron chi connectivity index (χ2n) is 8.13. The first-order chi connectivity index (χ1) is 9.73. The number of hydrogen-bond donors (Lipinski definition) is 0. The molecule has 0 aliphatic rings. The van der Waals surface area contributed by atoms with Crippen molar-refractivity contribution in [2.24, 2.45) is 35.5 Å². The zero-order valence-electron chi connectivity index (χ0n) is 15.8. The van der Waals surface area contributed by atoms with Gasteiger partial charge in [-0.05, 0) is 48.3 Å². The molecule has 0 aromatic heterocycles. The van der Waals surface area contributed by atoms with E-state index in [1.54, 1.807) is 0 Å². The largest absolute Gasteiger partial charge is 0.355 e. The Bertz CT molecular complexity index is 210. The Labute approximate surface area is 134 Å². The molecule has 0 spiro atoms. The van der Waals surface area contributed by atoms with Gasteiger partial charge in [0.1, 0.15) is 6.79 Å². The van der Waals surface area contributed by atoms with Crippen LogP contribution in [0.5, 0.6) is 0 Å². The van der Waals surface area contributed by atoms with Crippen molar-refractivity contribution in [3.05, 3.63) is 0 Å². The van der Waals surface area contributed by atoms with Gasteiger partial charge in [-0.25, -0.2) is 0 Å². The molecule has 2 nitrogen and oxygen atoms in total. The van der Waals surface area contributed by atoms with E-state index in [9.17, 15) is 0 Å². The highest BCUT2D eigenvalue weighted by atomic mass is 16.7. The molecule has 0 saturated carbocycles. The van der Waals surface area contributed by atoms with Crippen molar-refractivity contribution in [1.29, 1.82) is 0 Å². The standard InChI is InChI=1S/C19H40O2/c1-14(2)9-18(16(5)6)11-20-13-21-12-19(17(7)8)10-15(3)4/h14-19H,9-13H2,1-8H3. The summed E-state index contributed by atoms with van der Waals surface area (Å²) in [7, 11) is 0. The van der Waals surface area contributed by atoms with Gasteiger partial charge >= 0.3 is 0 Å². The van der Waals surface area contributed by atoms with Crippen LogP contribution in [0.2, 0.25) is 0 Å². The Morgan fingerprint density at radius 2 is 0.905 bits per heavy atom.